The quantitative estimate of drug-likeness (QED) is 0.234. The summed E-state index contributed by atoms with van der Waals surface area (Å²) >= 11 is 2.38. The number of alkyl halides is 1. The van der Waals surface area contributed by atoms with Crippen LogP contribution in [0.25, 0.3) is 0 Å². The van der Waals surface area contributed by atoms with Crippen molar-refractivity contribution in [3.05, 3.63) is 29.8 Å². The van der Waals surface area contributed by atoms with Crippen LogP contribution in [0, 0.1) is 6.92 Å². The molecule has 0 saturated heterocycles. The average Bonchev–Trinajstić information content (AvgIpc) is 2.46. The predicted octanol–water partition coefficient (Wildman–Crippen LogP) is 3.71. The molecule has 0 fully saturated rings. The van der Waals surface area contributed by atoms with Gasteiger partial charge in [0.25, 0.3) is 10.1 Å². The van der Waals surface area contributed by atoms with Crippen LogP contribution in [0.2, 0.25) is 0 Å². The zero-order valence-electron chi connectivity index (χ0n) is 12.4. The Bertz CT molecular complexity index is 485. The maximum absolute atomic E-state index is 11.9. The van der Waals surface area contributed by atoms with Crippen molar-refractivity contribution in [3.8, 4) is 0 Å². The van der Waals surface area contributed by atoms with Crippen molar-refractivity contribution in [3.63, 3.8) is 0 Å². The first-order valence-electron chi connectivity index (χ1n) is 7.16. The van der Waals surface area contributed by atoms with E-state index < -0.39 is 10.1 Å². The van der Waals surface area contributed by atoms with E-state index in [-0.39, 0.29) is 11.5 Å². The molecule has 1 aromatic rings. The molecule has 0 spiro atoms. The second-order valence-electron chi connectivity index (χ2n) is 4.80. The second-order valence-corrected chi connectivity index (χ2v) is 7.50. The van der Waals surface area contributed by atoms with Gasteiger partial charge in [0, 0.05) is 6.61 Å². The van der Waals surface area contributed by atoms with E-state index in [1.165, 1.54) is 17.3 Å². The third-order valence-corrected chi connectivity index (χ3v) is 5.04. The summed E-state index contributed by atoms with van der Waals surface area (Å²) in [5, 5.41) is 0. The third kappa shape index (κ3) is 8.13. The molecule has 0 N–H and O–H groups in total. The minimum Gasteiger partial charge on any atom is -0.379 e. The van der Waals surface area contributed by atoms with Gasteiger partial charge in [-0.05, 0) is 36.3 Å². The van der Waals surface area contributed by atoms with E-state index in [2.05, 4.69) is 22.6 Å². The van der Waals surface area contributed by atoms with Crippen LogP contribution in [0.15, 0.2) is 29.2 Å². The number of unbranched alkanes of at least 4 members (excludes halogenated alkanes) is 3. The number of benzene rings is 1. The molecule has 1 rings (SSSR count). The number of ether oxygens (including phenoxy) is 1. The van der Waals surface area contributed by atoms with Gasteiger partial charge in [0.05, 0.1) is 18.1 Å². The minimum absolute atomic E-state index is 0.0595. The van der Waals surface area contributed by atoms with Crippen molar-refractivity contribution >= 4 is 32.7 Å². The summed E-state index contributed by atoms with van der Waals surface area (Å²) in [5.74, 6) is 0. The number of hydrogen-bond donors (Lipinski definition) is 0. The van der Waals surface area contributed by atoms with Gasteiger partial charge < -0.3 is 4.74 Å². The number of hydrogen-bond acceptors (Lipinski definition) is 4. The summed E-state index contributed by atoms with van der Waals surface area (Å²) in [4.78, 5) is 0.187. The van der Waals surface area contributed by atoms with Gasteiger partial charge in [-0.3, -0.25) is 4.18 Å². The van der Waals surface area contributed by atoms with Gasteiger partial charge in [-0.25, -0.2) is 0 Å². The monoisotopic (exact) mass is 426 g/mol. The molecular weight excluding hydrogens is 403 g/mol. The molecule has 21 heavy (non-hydrogen) atoms. The van der Waals surface area contributed by atoms with Crippen LogP contribution in [0.5, 0.6) is 0 Å². The fraction of sp³-hybridized carbons (Fsp3) is 0.600. The molecule has 0 heterocycles. The van der Waals surface area contributed by atoms with Gasteiger partial charge >= 0.3 is 0 Å². The highest BCUT2D eigenvalue weighted by Gasteiger charge is 2.14. The van der Waals surface area contributed by atoms with E-state index in [4.69, 9.17) is 8.92 Å². The van der Waals surface area contributed by atoms with Crippen molar-refractivity contribution in [2.75, 3.05) is 24.2 Å². The molecule has 4 nitrogen and oxygen atoms in total. The zero-order valence-corrected chi connectivity index (χ0v) is 15.4. The van der Waals surface area contributed by atoms with Crippen LogP contribution in [0.1, 0.15) is 31.2 Å². The van der Waals surface area contributed by atoms with Crippen molar-refractivity contribution in [1.82, 2.24) is 0 Å². The molecule has 120 valence electrons. The molecule has 6 heteroatoms. The summed E-state index contributed by atoms with van der Waals surface area (Å²) in [6.45, 7) is 2.93. The van der Waals surface area contributed by atoms with Gasteiger partial charge in [-0.2, -0.15) is 8.42 Å². The highest BCUT2D eigenvalue weighted by atomic mass is 127. The van der Waals surface area contributed by atoms with Gasteiger partial charge in [0.1, 0.15) is 0 Å². The van der Waals surface area contributed by atoms with Crippen molar-refractivity contribution in [2.45, 2.75) is 37.5 Å². The largest absolute Gasteiger partial charge is 0.379 e. The Morgan fingerprint density at radius 2 is 1.62 bits per heavy atom. The average molecular weight is 426 g/mol. The molecule has 1 aromatic carbocycles. The minimum atomic E-state index is -3.66. The molecule has 0 atom stereocenters. The van der Waals surface area contributed by atoms with E-state index in [1.807, 2.05) is 6.92 Å². The Labute approximate surface area is 141 Å². The molecule has 0 aromatic heterocycles. The van der Waals surface area contributed by atoms with E-state index in [0.717, 1.165) is 18.4 Å². The van der Waals surface area contributed by atoms with Crippen LogP contribution in [-0.4, -0.2) is 32.7 Å². The Hall–Kier alpha value is -0.180. The predicted molar refractivity (Wildman–Crippen MR) is 92.5 cm³/mol. The lowest BCUT2D eigenvalue weighted by Gasteiger charge is -2.07. The van der Waals surface area contributed by atoms with Crippen LogP contribution in [0.3, 0.4) is 0 Å². The van der Waals surface area contributed by atoms with Crippen LogP contribution < -0.4 is 0 Å². The van der Waals surface area contributed by atoms with E-state index in [9.17, 15) is 8.42 Å². The lowest BCUT2D eigenvalue weighted by Crippen LogP contribution is -2.12. The first kappa shape index (κ1) is 18.9. The standard InChI is InChI=1S/C15H23IO4S/c1-14-6-8-15(9-7-14)21(17,18)20-13-12-19-11-5-3-2-4-10-16/h6-9H,2-5,10-13H2,1H3. The first-order chi connectivity index (χ1) is 10.1. The molecular formula is C15H23IO4S. The van der Waals surface area contributed by atoms with E-state index >= 15 is 0 Å². The van der Waals surface area contributed by atoms with Crippen molar-refractivity contribution in [1.29, 1.82) is 0 Å². The topological polar surface area (TPSA) is 52.6 Å². The summed E-state index contributed by atoms with van der Waals surface area (Å²) in [6, 6.07) is 6.61. The molecule has 0 aliphatic rings. The first-order valence-corrected chi connectivity index (χ1v) is 10.1. The Balaban J connectivity index is 2.15. The molecule has 0 radical (unpaired) electrons. The van der Waals surface area contributed by atoms with Crippen LogP contribution in [-0.2, 0) is 19.0 Å². The lowest BCUT2D eigenvalue weighted by atomic mass is 10.2. The normalized spacial score (nSPS) is 11.7. The van der Waals surface area contributed by atoms with Crippen molar-refractivity contribution in [2.24, 2.45) is 0 Å². The molecule has 0 aliphatic carbocycles. The smallest absolute Gasteiger partial charge is 0.297 e. The Kier molecular flexibility index (Phi) is 9.46. The lowest BCUT2D eigenvalue weighted by molar-refractivity contribution is 0.0990. The Morgan fingerprint density at radius 3 is 2.29 bits per heavy atom. The number of halogens is 1. The highest BCUT2D eigenvalue weighted by molar-refractivity contribution is 14.1. The van der Waals surface area contributed by atoms with Crippen molar-refractivity contribution < 1.29 is 17.3 Å². The van der Waals surface area contributed by atoms with Gasteiger partial charge in [0.2, 0.25) is 0 Å². The van der Waals surface area contributed by atoms with Crippen LogP contribution >= 0.6 is 22.6 Å². The van der Waals surface area contributed by atoms with Gasteiger partial charge in [0.15, 0.2) is 0 Å². The zero-order chi connectivity index (χ0) is 15.6. The molecule has 0 amide bonds. The van der Waals surface area contributed by atoms with Gasteiger partial charge in [-0.15, -0.1) is 0 Å². The highest BCUT2D eigenvalue weighted by Crippen LogP contribution is 2.13. The van der Waals surface area contributed by atoms with E-state index in [1.54, 1.807) is 24.3 Å². The number of aryl methyl sites for hydroxylation is 1. The van der Waals surface area contributed by atoms with Gasteiger partial charge in [-0.1, -0.05) is 53.1 Å². The third-order valence-electron chi connectivity index (χ3n) is 2.95. The summed E-state index contributed by atoms with van der Waals surface area (Å²) in [5.41, 5.74) is 1.01. The summed E-state index contributed by atoms with van der Waals surface area (Å²) in [6.07, 6.45) is 4.65. The molecule has 0 unspecified atom stereocenters. The number of rotatable bonds is 11. The summed E-state index contributed by atoms with van der Waals surface area (Å²) in [7, 11) is -3.66. The maximum Gasteiger partial charge on any atom is 0.297 e. The molecule has 0 aliphatic heterocycles. The Morgan fingerprint density at radius 1 is 0.952 bits per heavy atom. The fourth-order valence-corrected chi connectivity index (χ4v) is 3.16. The SMILES string of the molecule is Cc1ccc(S(=O)(=O)OCCOCCCCCCI)cc1. The molecule has 0 bridgehead atoms. The van der Waals surface area contributed by atoms with E-state index in [0.29, 0.717) is 13.2 Å². The molecule has 0 saturated carbocycles. The summed E-state index contributed by atoms with van der Waals surface area (Å²) < 4.78 is 35.3. The fourth-order valence-electron chi connectivity index (χ4n) is 1.73. The maximum atomic E-state index is 11.9. The second kappa shape index (κ2) is 10.5. The van der Waals surface area contributed by atoms with Crippen LogP contribution in [0.4, 0.5) is 0 Å².